The summed E-state index contributed by atoms with van der Waals surface area (Å²) in [5, 5.41) is 5.84. The Hall–Kier alpha value is -3.48. The normalized spacial score (nSPS) is 10.3. The molecule has 1 heterocycles. The Morgan fingerprint density at radius 1 is 1.07 bits per heavy atom. The second-order valence-corrected chi connectivity index (χ2v) is 5.74. The lowest BCUT2D eigenvalue weighted by atomic mass is 10.2. The SMILES string of the molecule is COc1ccccc1CNC(=O)c1ccnc(NCc2ccc(F)cc2)n1. The van der Waals surface area contributed by atoms with Crippen molar-refractivity contribution in [3.63, 3.8) is 0 Å². The van der Waals surface area contributed by atoms with Crippen molar-refractivity contribution in [3.05, 3.63) is 83.4 Å². The molecule has 3 rings (SSSR count). The zero-order valence-corrected chi connectivity index (χ0v) is 14.8. The van der Waals surface area contributed by atoms with Crippen molar-refractivity contribution in [1.29, 1.82) is 0 Å². The van der Waals surface area contributed by atoms with E-state index in [1.54, 1.807) is 25.3 Å². The fourth-order valence-electron chi connectivity index (χ4n) is 2.47. The van der Waals surface area contributed by atoms with Crippen LogP contribution in [0.2, 0.25) is 0 Å². The Balaban J connectivity index is 1.60. The lowest BCUT2D eigenvalue weighted by molar-refractivity contribution is 0.0945. The van der Waals surface area contributed by atoms with E-state index in [1.807, 2.05) is 24.3 Å². The highest BCUT2D eigenvalue weighted by Gasteiger charge is 2.10. The molecule has 1 aromatic heterocycles. The molecule has 6 nitrogen and oxygen atoms in total. The number of carbonyl (C=O) groups is 1. The number of amides is 1. The summed E-state index contributed by atoms with van der Waals surface area (Å²) in [5.41, 5.74) is 2.00. The van der Waals surface area contributed by atoms with Gasteiger partial charge in [-0.05, 0) is 29.8 Å². The molecule has 0 saturated heterocycles. The number of nitrogens with one attached hydrogen (secondary N) is 2. The third-order valence-electron chi connectivity index (χ3n) is 3.88. The van der Waals surface area contributed by atoms with E-state index in [0.29, 0.717) is 24.8 Å². The summed E-state index contributed by atoms with van der Waals surface area (Å²) in [4.78, 5) is 20.7. The fourth-order valence-corrected chi connectivity index (χ4v) is 2.47. The molecule has 2 N–H and O–H groups in total. The molecule has 2 aromatic carbocycles. The van der Waals surface area contributed by atoms with Crippen molar-refractivity contribution in [3.8, 4) is 5.75 Å². The van der Waals surface area contributed by atoms with Gasteiger partial charge in [-0.3, -0.25) is 4.79 Å². The van der Waals surface area contributed by atoms with Crippen LogP contribution in [0.1, 0.15) is 21.6 Å². The summed E-state index contributed by atoms with van der Waals surface area (Å²) in [6.45, 7) is 0.748. The number of hydrogen-bond donors (Lipinski definition) is 2. The molecule has 1 amide bonds. The molecule has 0 unspecified atom stereocenters. The number of anilines is 1. The van der Waals surface area contributed by atoms with Crippen molar-refractivity contribution in [2.45, 2.75) is 13.1 Å². The highest BCUT2D eigenvalue weighted by molar-refractivity contribution is 5.92. The van der Waals surface area contributed by atoms with Gasteiger partial charge >= 0.3 is 0 Å². The van der Waals surface area contributed by atoms with Crippen LogP contribution in [-0.2, 0) is 13.1 Å². The molecular formula is C20H19FN4O2. The van der Waals surface area contributed by atoms with Gasteiger partial charge in [0.05, 0.1) is 7.11 Å². The molecule has 0 aliphatic heterocycles. The van der Waals surface area contributed by atoms with Gasteiger partial charge < -0.3 is 15.4 Å². The molecule has 7 heteroatoms. The summed E-state index contributed by atoms with van der Waals surface area (Å²) in [6.07, 6.45) is 1.51. The number of aromatic nitrogens is 2. The van der Waals surface area contributed by atoms with E-state index in [2.05, 4.69) is 20.6 Å². The van der Waals surface area contributed by atoms with Gasteiger partial charge in [0.25, 0.3) is 5.91 Å². The third-order valence-corrected chi connectivity index (χ3v) is 3.88. The molecule has 3 aromatic rings. The molecule has 0 radical (unpaired) electrons. The number of methoxy groups -OCH3 is 1. The second kappa shape index (κ2) is 8.75. The molecule has 0 fully saturated rings. The Kier molecular flexibility index (Phi) is 5.94. The van der Waals surface area contributed by atoms with E-state index in [4.69, 9.17) is 4.74 Å². The van der Waals surface area contributed by atoms with Gasteiger partial charge in [0, 0.05) is 24.8 Å². The Bertz CT molecular complexity index is 916. The van der Waals surface area contributed by atoms with Crippen LogP contribution in [-0.4, -0.2) is 23.0 Å². The first-order valence-corrected chi connectivity index (χ1v) is 8.37. The Morgan fingerprint density at radius 3 is 2.63 bits per heavy atom. The minimum absolute atomic E-state index is 0.251. The van der Waals surface area contributed by atoms with E-state index >= 15 is 0 Å². The molecule has 0 aliphatic rings. The van der Waals surface area contributed by atoms with Gasteiger partial charge in [0.2, 0.25) is 5.95 Å². The first-order chi connectivity index (χ1) is 13.2. The smallest absolute Gasteiger partial charge is 0.270 e. The van der Waals surface area contributed by atoms with Crippen molar-refractivity contribution in [2.75, 3.05) is 12.4 Å². The van der Waals surface area contributed by atoms with Gasteiger partial charge in [0.1, 0.15) is 17.3 Å². The number of nitrogens with zero attached hydrogens (tertiary/aromatic N) is 2. The standard InChI is InChI=1S/C20H19FN4O2/c1-27-18-5-3-2-4-15(18)13-23-19(26)17-10-11-22-20(25-17)24-12-14-6-8-16(21)9-7-14/h2-11H,12-13H2,1H3,(H,23,26)(H,22,24,25). The van der Waals surface area contributed by atoms with E-state index in [9.17, 15) is 9.18 Å². The lowest BCUT2D eigenvalue weighted by Gasteiger charge is -2.10. The molecule has 0 aliphatic carbocycles. The largest absolute Gasteiger partial charge is 0.496 e. The second-order valence-electron chi connectivity index (χ2n) is 5.74. The van der Waals surface area contributed by atoms with Crippen molar-refractivity contribution < 1.29 is 13.9 Å². The number of rotatable bonds is 7. The summed E-state index contributed by atoms with van der Waals surface area (Å²) in [6, 6.07) is 15.1. The number of ether oxygens (including phenoxy) is 1. The maximum Gasteiger partial charge on any atom is 0.270 e. The van der Waals surface area contributed by atoms with Gasteiger partial charge in [-0.1, -0.05) is 30.3 Å². The zero-order valence-electron chi connectivity index (χ0n) is 14.8. The molecular weight excluding hydrogens is 347 g/mol. The van der Waals surface area contributed by atoms with Crippen LogP contribution in [0, 0.1) is 5.82 Å². The predicted octanol–water partition coefficient (Wildman–Crippen LogP) is 3.17. The number of carbonyl (C=O) groups excluding carboxylic acids is 1. The van der Waals surface area contributed by atoms with Crippen LogP contribution >= 0.6 is 0 Å². The van der Waals surface area contributed by atoms with Crippen LogP contribution in [0.15, 0.2) is 60.8 Å². The monoisotopic (exact) mass is 366 g/mol. The average Bonchev–Trinajstić information content (AvgIpc) is 2.72. The Morgan fingerprint density at radius 2 is 1.85 bits per heavy atom. The lowest BCUT2D eigenvalue weighted by Crippen LogP contribution is -2.24. The molecule has 138 valence electrons. The van der Waals surface area contributed by atoms with Gasteiger partial charge in [0.15, 0.2) is 0 Å². The average molecular weight is 366 g/mol. The van der Waals surface area contributed by atoms with E-state index in [-0.39, 0.29) is 17.4 Å². The first-order valence-electron chi connectivity index (χ1n) is 8.37. The zero-order chi connectivity index (χ0) is 19.1. The summed E-state index contributed by atoms with van der Waals surface area (Å²) < 4.78 is 18.2. The maximum absolute atomic E-state index is 12.9. The first kappa shape index (κ1) is 18.3. The van der Waals surface area contributed by atoms with E-state index in [1.165, 1.54) is 18.3 Å². The minimum atomic E-state index is -0.312. The maximum atomic E-state index is 12.9. The number of benzene rings is 2. The molecule has 27 heavy (non-hydrogen) atoms. The summed E-state index contributed by atoms with van der Waals surface area (Å²) in [5.74, 6) is 0.434. The van der Waals surface area contributed by atoms with Crippen molar-refractivity contribution >= 4 is 11.9 Å². The number of halogens is 1. The summed E-state index contributed by atoms with van der Waals surface area (Å²) >= 11 is 0. The quantitative estimate of drug-likeness (QED) is 0.672. The van der Waals surface area contributed by atoms with Crippen LogP contribution in [0.5, 0.6) is 5.75 Å². The van der Waals surface area contributed by atoms with Crippen LogP contribution in [0.4, 0.5) is 10.3 Å². The fraction of sp³-hybridized carbons (Fsp3) is 0.150. The third kappa shape index (κ3) is 5.01. The van der Waals surface area contributed by atoms with Gasteiger partial charge in [-0.15, -0.1) is 0 Å². The number of para-hydroxylation sites is 1. The van der Waals surface area contributed by atoms with Gasteiger partial charge in [-0.2, -0.15) is 0 Å². The number of hydrogen-bond acceptors (Lipinski definition) is 5. The van der Waals surface area contributed by atoms with Crippen LogP contribution in [0.3, 0.4) is 0 Å². The molecule has 0 bridgehead atoms. The topological polar surface area (TPSA) is 76.1 Å². The molecule has 0 atom stereocenters. The van der Waals surface area contributed by atoms with E-state index in [0.717, 1.165) is 11.1 Å². The summed E-state index contributed by atoms with van der Waals surface area (Å²) in [7, 11) is 1.59. The van der Waals surface area contributed by atoms with Crippen LogP contribution in [0.25, 0.3) is 0 Å². The van der Waals surface area contributed by atoms with E-state index < -0.39 is 0 Å². The predicted molar refractivity (Wildman–Crippen MR) is 99.9 cm³/mol. The van der Waals surface area contributed by atoms with Crippen molar-refractivity contribution in [1.82, 2.24) is 15.3 Å². The molecule has 0 saturated carbocycles. The van der Waals surface area contributed by atoms with Crippen molar-refractivity contribution in [2.24, 2.45) is 0 Å². The van der Waals surface area contributed by atoms with Crippen LogP contribution < -0.4 is 15.4 Å². The highest BCUT2D eigenvalue weighted by Crippen LogP contribution is 2.16. The van der Waals surface area contributed by atoms with Gasteiger partial charge in [-0.25, -0.2) is 14.4 Å². The molecule has 0 spiro atoms. The highest BCUT2D eigenvalue weighted by atomic mass is 19.1. The Labute approximate surface area is 156 Å². The minimum Gasteiger partial charge on any atom is -0.496 e.